The lowest BCUT2D eigenvalue weighted by Gasteiger charge is -2.30. The van der Waals surface area contributed by atoms with Gasteiger partial charge in [0.15, 0.2) is 0 Å². The fourth-order valence-electron chi connectivity index (χ4n) is 1.89. The third kappa shape index (κ3) is 3.87. The summed E-state index contributed by atoms with van der Waals surface area (Å²) in [5.74, 6) is 0. The molecule has 18 heavy (non-hydrogen) atoms. The van der Waals surface area contributed by atoms with E-state index in [9.17, 15) is 0 Å². The van der Waals surface area contributed by atoms with Crippen molar-refractivity contribution >= 4 is 17.3 Å². The SMILES string of the molecule is COCCN(c1ccc([C@H](C)N)cc1Cl)C(C)C. The lowest BCUT2D eigenvalue weighted by molar-refractivity contribution is 0.204. The number of halogens is 1. The highest BCUT2D eigenvalue weighted by Crippen LogP contribution is 2.29. The van der Waals surface area contributed by atoms with Crippen molar-refractivity contribution in [2.24, 2.45) is 5.73 Å². The Morgan fingerprint density at radius 3 is 2.44 bits per heavy atom. The maximum atomic E-state index is 6.35. The molecule has 0 amide bonds. The average molecular weight is 271 g/mol. The van der Waals surface area contributed by atoms with Crippen LogP contribution in [0.5, 0.6) is 0 Å². The molecule has 1 aromatic rings. The quantitative estimate of drug-likeness (QED) is 0.863. The zero-order valence-corrected chi connectivity index (χ0v) is 12.4. The Balaban J connectivity index is 2.98. The van der Waals surface area contributed by atoms with Gasteiger partial charge in [-0.3, -0.25) is 0 Å². The van der Waals surface area contributed by atoms with Crippen LogP contribution < -0.4 is 10.6 Å². The van der Waals surface area contributed by atoms with Crippen molar-refractivity contribution in [3.63, 3.8) is 0 Å². The first-order valence-corrected chi connectivity index (χ1v) is 6.65. The number of nitrogens with zero attached hydrogens (tertiary/aromatic N) is 1. The Kier molecular flexibility index (Phi) is 5.93. The third-order valence-corrected chi connectivity index (χ3v) is 3.27. The van der Waals surface area contributed by atoms with Gasteiger partial charge in [0.05, 0.1) is 17.3 Å². The molecule has 0 aliphatic heterocycles. The number of ether oxygens (including phenoxy) is 1. The molecular weight excluding hydrogens is 248 g/mol. The minimum atomic E-state index is 0.00280. The molecule has 1 atom stereocenters. The van der Waals surface area contributed by atoms with Crippen LogP contribution in [0.3, 0.4) is 0 Å². The second-order valence-electron chi connectivity index (χ2n) is 4.78. The lowest BCUT2D eigenvalue weighted by Crippen LogP contribution is -2.34. The monoisotopic (exact) mass is 270 g/mol. The van der Waals surface area contributed by atoms with E-state index < -0.39 is 0 Å². The number of anilines is 1. The lowest BCUT2D eigenvalue weighted by atomic mass is 10.1. The van der Waals surface area contributed by atoms with Gasteiger partial charge in [-0.2, -0.15) is 0 Å². The molecule has 2 N–H and O–H groups in total. The van der Waals surface area contributed by atoms with E-state index in [4.69, 9.17) is 22.1 Å². The summed E-state index contributed by atoms with van der Waals surface area (Å²) < 4.78 is 5.14. The smallest absolute Gasteiger partial charge is 0.0643 e. The topological polar surface area (TPSA) is 38.5 Å². The molecule has 0 heterocycles. The van der Waals surface area contributed by atoms with Gasteiger partial charge in [-0.05, 0) is 38.5 Å². The fraction of sp³-hybridized carbons (Fsp3) is 0.571. The van der Waals surface area contributed by atoms with E-state index in [1.807, 2.05) is 25.1 Å². The maximum absolute atomic E-state index is 6.35. The van der Waals surface area contributed by atoms with Crippen LogP contribution in [0.25, 0.3) is 0 Å². The molecule has 102 valence electrons. The van der Waals surface area contributed by atoms with Crippen LogP contribution in [0.15, 0.2) is 18.2 Å². The Morgan fingerprint density at radius 2 is 2.00 bits per heavy atom. The predicted molar refractivity (Wildman–Crippen MR) is 78.4 cm³/mol. The largest absolute Gasteiger partial charge is 0.383 e. The summed E-state index contributed by atoms with van der Waals surface area (Å²) in [6, 6.07) is 6.40. The molecule has 0 aliphatic rings. The number of nitrogens with two attached hydrogens (primary N) is 1. The summed E-state index contributed by atoms with van der Waals surface area (Å²) in [4.78, 5) is 2.23. The molecule has 1 aromatic carbocycles. The first-order valence-electron chi connectivity index (χ1n) is 6.28. The van der Waals surface area contributed by atoms with E-state index in [0.29, 0.717) is 12.6 Å². The number of hydrogen-bond donors (Lipinski definition) is 1. The van der Waals surface area contributed by atoms with E-state index in [2.05, 4.69) is 18.7 Å². The summed E-state index contributed by atoms with van der Waals surface area (Å²) >= 11 is 6.35. The highest BCUT2D eigenvalue weighted by atomic mass is 35.5. The van der Waals surface area contributed by atoms with E-state index >= 15 is 0 Å². The molecule has 0 fully saturated rings. The second kappa shape index (κ2) is 6.98. The van der Waals surface area contributed by atoms with Crippen molar-refractivity contribution in [3.8, 4) is 0 Å². The van der Waals surface area contributed by atoms with Crippen LogP contribution in [0.4, 0.5) is 5.69 Å². The van der Waals surface area contributed by atoms with Crippen molar-refractivity contribution in [2.75, 3.05) is 25.2 Å². The van der Waals surface area contributed by atoms with E-state index in [1.165, 1.54) is 0 Å². The standard InChI is InChI=1S/C14H23ClN2O/c1-10(2)17(7-8-18-4)14-6-5-12(11(3)16)9-13(14)15/h5-6,9-11H,7-8,16H2,1-4H3/t11-/m0/s1. The third-order valence-electron chi connectivity index (χ3n) is 2.97. The van der Waals surface area contributed by atoms with Gasteiger partial charge in [-0.15, -0.1) is 0 Å². The van der Waals surface area contributed by atoms with Crippen LogP contribution in [-0.2, 0) is 4.74 Å². The van der Waals surface area contributed by atoms with E-state index in [1.54, 1.807) is 7.11 Å². The molecule has 0 saturated carbocycles. The number of hydrogen-bond acceptors (Lipinski definition) is 3. The predicted octanol–water partition coefficient (Wildman–Crippen LogP) is 3.22. The normalized spacial score (nSPS) is 12.8. The molecule has 0 bridgehead atoms. The first-order chi connectivity index (χ1) is 8.47. The molecule has 0 saturated heterocycles. The highest BCUT2D eigenvalue weighted by molar-refractivity contribution is 6.33. The van der Waals surface area contributed by atoms with Crippen molar-refractivity contribution in [3.05, 3.63) is 28.8 Å². The number of benzene rings is 1. The summed E-state index contributed by atoms with van der Waals surface area (Å²) in [6.45, 7) is 7.75. The average Bonchev–Trinajstić information content (AvgIpc) is 2.30. The van der Waals surface area contributed by atoms with Crippen molar-refractivity contribution in [1.82, 2.24) is 0 Å². The summed E-state index contributed by atoms with van der Waals surface area (Å²) in [6.07, 6.45) is 0. The number of methoxy groups -OCH3 is 1. The minimum absolute atomic E-state index is 0.00280. The van der Waals surface area contributed by atoms with Gasteiger partial charge in [0.25, 0.3) is 0 Å². The second-order valence-corrected chi connectivity index (χ2v) is 5.19. The van der Waals surface area contributed by atoms with Gasteiger partial charge in [0.2, 0.25) is 0 Å². The number of rotatable bonds is 6. The van der Waals surface area contributed by atoms with Crippen LogP contribution >= 0.6 is 11.6 Å². The zero-order chi connectivity index (χ0) is 13.7. The van der Waals surface area contributed by atoms with Crippen LogP contribution in [0.1, 0.15) is 32.4 Å². The maximum Gasteiger partial charge on any atom is 0.0643 e. The molecule has 1 rings (SSSR count). The van der Waals surface area contributed by atoms with Gasteiger partial charge >= 0.3 is 0 Å². The van der Waals surface area contributed by atoms with Gasteiger partial charge in [-0.1, -0.05) is 17.7 Å². The van der Waals surface area contributed by atoms with Crippen LogP contribution in [0, 0.1) is 0 Å². The zero-order valence-electron chi connectivity index (χ0n) is 11.6. The van der Waals surface area contributed by atoms with Crippen LogP contribution in [0.2, 0.25) is 5.02 Å². The Bertz CT molecular complexity index is 380. The molecule has 0 spiro atoms. The molecule has 0 radical (unpaired) electrons. The molecule has 3 nitrogen and oxygen atoms in total. The van der Waals surface area contributed by atoms with Gasteiger partial charge in [0, 0.05) is 25.7 Å². The van der Waals surface area contributed by atoms with Crippen molar-refractivity contribution in [1.29, 1.82) is 0 Å². The summed E-state index contributed by atoms with van der Waals surface area (Å²) in [7, 11) is 1.71. The highest BCUT2D eigenvalue weighted by Gasteiger charge is 2.14. The molecule has 0 unspecified atom stereocenters. The molecule has 0 aromatic heterocycles. The van der Waals surface area contributed by atoms with Gasteiger partial charge < -0.3 is 15.4 Å². The van der Waals surface area contributed by atoms with Gasteiger partial charge in [-0.25, -0.2) is 0 Å². The van der Waals surface area contributed by atoms with Crippen molar-refractivity contribution in [2.45, 2.75) is 32.9 Å². The van der Waals surface area contributed by atoms with Crippen LogP contribution in [-0.4, -0.2) is 26.3 Å². The minimum Gasteiger partial charge on any atom is -0.383 e. The Morgan fingerprint density at radius 1 is 1.33 bits per heavy atom. The Hall–Kier alpha value is -0.770. The Labute approximate surface area is 115 Å². The van der Waals surface area contributed by atoms with Crippen molar-refractivity contribution < 1.29 is 4.74 Å². The van der Waals surface area contributed by atoms with Gasteiger partial charge in [0.1, 0.15) is 0 Å². The van der Waals surface area contributed by atoms with E-state index in [-0.39, 0.29) is 6.04 Å². The molecular formula is C14H23ClN2O. The first kappa shape index (κ1) is 15.3. The summed E-state index contributed by atoms with van der Waals surface area (Å²) in [5, 5.41) is 0.745. The van der Waals surface area contributed by atoms with E-state index in [0.717, 1.165) is 22.8 Å². The molecule has 0 aliphatic carbocycles. The fourth-order valence-corrected chi connectivity index (χ4v) is 2.18. The molecule has 4 heteroatoms. The summed E-state index contributed by atoms with van der Waals surface area (Å²) in [5.41, 5.74) is 7.95.